The number of primary amides is 1. The van der Waals surface area contributed by atoms with E-state index in [1.807, 2.05) is 0 Å². The van der Waals surface area contributed by atoms with Gasteiger partial charge in [0.05, 0.1) is 0 Å². The van der Waals surface area contributed by atoms with Gasteiger partial charge in [0.2, 0.25) is 5.91 Å². The molecule has 1 aliphatic heterocycles. The van der Waals surface area contributed by atoms with Crippen molar-refractivity contribution < 1.29 is 4.79 Å². The zero-order valence-corrected chi connectivity index (χ0v) is 7.18. The molecule has 3 N–H and O–H groups in total. The highest BCUT2D eigenvalue weighted by atomic mass is 16.1. The fourth-order valence-electron chi connectivity index (χ4n) is 1.70. The number of piperidine rings is 1. The predicted molar refractivity (Wildman–Crippen MR) is 44.0 cm³/mol. The molecular weight excluding hydrogens is 140 g/mol. The van der Waals surface area contributed by atoms with Crippen molar-refractivity contribution in [1.29, 1.82) is 0 Å². The van der Waals surface area contributed by atoms with Crippen LogP contribution in [0.15, 0.2) is 0 Å². The van der Waals surface area contributed by atoms with Gasteiger partial charge in [-0.2, -0.15) is 0 Å². The molecule has 1 unspecified atom stereocenters. The van der Waals surface area contributed by atoms with Crippen LogP contribution in [0.4, 0.5) is 0 Å². The van der Waals surface area contributed by atoms with E-state index >= 15 is 0 Å². The molecule has 0 radical (unpaired) electrons. The van der Waals surface area contributed by atoms with Crippen molar-refractivity contribution in [1.82, 2.24) is 5.32 Å². The lowest BCUT2D eigenvalue weighted by Crippen LogP contribution is -2.48. The van der Waals surface area contributed by atoms with E-state index in [2.05, 4.69) is 19.2 Å². The van der Waals surface area contributed by atoms with Gasteiger partial charge in [0, 0.05) is 12.5 Å². The summed E-state index contributed by atoms with van der Waals surface area (Å²) in [6, 6.07) is 0. The number of carbonyl (C=O) groups is 1. The highest BCUT2D eigenvalue weighted by Crippen LogP contribution is 2.30. The maximum atomic E-state index is 11.0. The summed E-state index contributed by atoms with van der Waals surface area (Å²) in [4.78, 5) is 11.0. The van der Waals surface area contributed by atoms with Crippen LogP contribution in [0.5, 0.6) is 0 Å². The average Bonchev–Trinajstić information content (AvgIpc) is 1.85. The summed E-state index contributed by atoms with van der Waals surface area (Å²) in [5.41, 5.74) is 5.31. The molecule has 3 nitrogen and oxygen atoms in total. The molecule has 0 bridgehead atoms. The second-order valence-corrected chi connectivity index (χ2v) is 3.91. The summed E-state index contributed by atoms with van der Waals surface area (Å²) in [5.74, 6) is -0.111. The van der Waals surface area contributed by atoms with Crippen LogP contribution in [-0.2, 0) is 4.79 Å². The Kier molecular flexibility index (Phi) is 2.18. The summed E-state index contributed by atoms with van der Waals surface area (Å²) in [6.45, 7) is 5.96. The molecule has 0 aliphatic carbocycles. The van der Waals surface area contributed by atoms with Crippen molar-refractivity contribution in [3.05, 3.63) is 0 Å². The van der Waals surface area contributed by atoms with Crippen LogP contribution in [-0.4, -0.2) is 19.0 Å². The van der Waals surface area contributed by atoms with Crippen molar-refractivity contribution in [3.8, 4) is 0 Å². The highest BCUT2D eigenvalue weighted by molar-refractivity contribution is 5.77. The zero-order valence-electron chi connectivity index (χ0n) is 7.18. The number of hydrogen-bond acceptors (Lipinski definition) is 2. The van der Waals surface area contributed by atoms with E-state index in [0.29, 0.717) is 0 Å². The first-order valence-corrected chi connectivity index (χ1v) is 4.04. The summed E-state index contributed by atoms with van der Waals surface area (Å²) >= 11 is 0. The molecule has 1 fully saturated rings. The largest absolute Gasteiger partial charge is 0.369 e. The molecule has 3 heteroatoms. The molecule has 0 saturated carbocycles. The second kappa shape index (κ2) is 2.81. The minimum atomic E-state index is -0.156. The van der Waals surface area contributed by atoms with Gasteiger partial charge in [-0.05, 0) is 18.4 Å². The third kappa shape index (κ3) is 1.71. The van der Waals surface area contributed by atoms with Gasteiger partial charge in [-0.3, -0.25) is 4.79 Å². The van der Waals surface area contributed by atoms with Crippen molar-refractivity contribution in [2.75, 3.05) is 13.1 Å². The van der Waals surface area contributed by atoms with E-state index in [4.69, 9.17) is 5.73 Å². The minimum absolute atomic E-state index is 0.0318. The minimum Gasteiger partial charge on any atom is -0.369 e. The molecule has 0 aromatic heterocycles. The van der Waals surface area contributed by atoms with Crippen LogP contribution in [0.1, 0.15) is 20.3 Å². The molecule has 11 heavy (non-hydrogen) atoms. The van der Waals surface area contributed by atoms with Crippen LogP contribution < -0.4 is 11.1 Å². The average molecular weight is 156 g/mol. The summed E-state index contributed by atoms with van der Waals surface area (Å²) < 4.78 is 0. The lowest BCUT2D eigenvalue weighted by Gasteiger charge is -2.36. The summed E-state index contributed by atoms with van der Waals surface area (Å²) in [7, 11) is 0. The van der Waals surface area contributed by atoms with Gasteiger partial charge in [0.25, 0.3) is 0 Å². The number of hydrogen-bond donors (Lipinski definition) is 2. The molecule has 64 valence electrons. The number of rotatable bonds is 1. The van der Waals surface area contributed by atoms with Gasteiger partial charge in [0.15, 0.2) is 0 Å². The topological polar surface area (TPSA) is 55.1 Å². The molecule has 1 atom stereocenters. The lowest BCUT2D eigenvalue weighted by atomic mass is 9.74. The van der Waals surface area contributed by atoms with Crippen LogP contribution in [0.2, 0.25) is 0 Å². The Balaban J connectivity index is 2.67. The monoisotopic (exact) mass is 156 g/mol. The molecule has 0 aromatic carbocycles. The Labute approximate surface area is 67.3 Å². The van der Waals surface area contributed by atoms with E-state index in [1.165, 1.54) is 0 Å². The smallest absolute Gasteiger partial charge is 0.221 e. The van der Waals surface area contributed by atoms with Crippen molar-refractivity contribution in [3.63, 3.8) is 0 Å². The van der Waals surface area contributed by atoms with E-state index in [9.17, 15) is 4.79 Å². The van der Waals surface area contributed by atoms with Gasteiger partial charge in [0.1, 0.15) is 0 Å². The van der Waals surface area contributed by atoms with E-state index < -0.39 is 0 Å². The molecule has 1 aliphatic rings. The molecule has 1 amide bonds. The van der Waals surface area contributed by atoms with E-state index in [1.54, 1.807) is 0 Å². The molecule has 0 spiro atoms. The Morgan fingerprint density at radius 2 is 2.27 bits per heavy atom. The number of nitrogens with one attached hydrogen (secondary N) is 1. The second-order valence-electron chi connectivity index (χ2n) is 3.91. The van der Waals surface area contributed by atoms with Gasteiger partial charge < -0.3 is 11.1 Å². The van der Waals surface area contributed by atoms with Crippen molar-refractivity contribution in [2.45, 2.75) is 20.3 Å². The Morgan fingerprint density at radius 1 is 1.64 bits per heavy atom. The maximum absolute atomic E-state index is 11.0. The van der Waals surface area contributed by atoms with Crippen LogP contribution in [0.25, 0.3) is 0 Å². The SMILES string of the molecule is CC1(C)CNCCC1C(N)=O. The van der Waals surface area contributed by atoms with Crippen LogP contribution in [0, 0.1) is 11.3 Å². The fraction of sp³-hybridized carbons (Fsp3) is 0.875. The van der Waals surface area contributed by atoms with Gasteiger partial charge >= 0.3 is 0 Å². The molecule has 1 rings (SSSR count). The molecular formula is C8H16N2O. The molecule has 1 saturated heterocycles. The Bertz CT molecular complexity index is 165. The van der Waals surface area contributed by atoms with E-state index in [0.717, 1.165) is 19.5 Å². The Morgan fingerprint density at radius 3 is 2.64 bits per heavy atom. The van der Waals surface area contributed by atoms with Gasteiger partial charge in [-0.1, -0.05) is 13.8 Å². The Hall–Kier alpha value is -0.570. The quantitative estimate of drug-likeness (QED) is 0.566. The summed E-state index contributed by atoms with van der Waals surface area (Å²) in [5, 5.41) is 3.25. The van der Waals surface area contributed by atoms with E-state index in [-0.39, 0.29) is 17.2 Å². The summed E-state index contributed by atoms with van der Waals surface area (Å²) in [6.07, 6.45) is 0.877. The maximum Gasteiger partial charge on any atom is 0.221 e. The molecule has 0 aromatic rings. The third-order valence-electron chi connectivity index (χ3n) is 2.48. The number of carbonyl (C=O) groups excluding carboxylic acids is 1. The van der Waals surface area contributed by atoms with Gasteiger partial charge in [-0.25, -0.2) is 0 Å². The highest BCUT2D eigenvalue weighted by Gasteiger charge is 2.35. The third-order valence-corrected chi connectivity index (χ3v) is 2.48. The first kappa shape index (κ1) is 8.53. The zero-order chi connectivity index (χ0) is 8.48. The lowest BCUT2D eigenvalue weighted by molar-refractivity contribution is -0.126. The fourth-order valence-corrected chi connectivity index (χ4v) is 1.70. The first-order valence-electron chi connectivity index (χ1n) is 4.04. The van der Waals surface area contributed by atoms with Gasteiger partial charge in [-0.15, -0.1) is 0 Å². The van der Waals surface area contributed by atoms with Crippen molar-refractivity contribution >= 4 is 5.91 Å². The van der Waals surface area contributed by atoms with Crippen molar-refractivity contribution in [2.24, 2.45) is 17.1 Å². The number of amides is 1. The van der Waals surface area contributed by atoms with Crippen LogP contribution in [0.3, 0.4) is 0 Å². The standard InChI is InChI=1S/C8H16N2O/c1-8(2)5-10-4-3-6(8)7(9)11/h6,10H,3-5H2,1-2H3,(H2,9,11). The first-order chi connectivity index (χ1) is 5.04. The van der Waals surface area contributed by atoms with Crippen LogP contribution >= 0.6 is 0 Å². The predicted octanol–water partition coefficient (Wildman–Crippen LogP) is 0.107. The molecule has 1 heterocycles. The normalized spacial score (nSPS) is 29.8. The number of nitrogens with two attached hydrogens (primary N) is 1.